The minimum atomic E-state index is -0.305. The predicted octanol–water partition coefficient (Wildman–Crippen LogP) is 3.80. The lowest BCUT2D eigenvalue weighted by Crippen LogP contribution is -2.28. The zero-order valence-corrected chi connectivity index (χ0v) is 13.7. The van der Waals surface area contributed by atoms with Gasteiger partial charge in [0.2, 0.25) is 0 Å². The number of nitrogens with zero attached hydrogens (tertiary/aromatic N) is 2. The zero-order valence-electron chi connectivity index (χ0n) is 12.0. The highest BCUT2D eigenvalue weighted by molar-refractivity contribution is 7.20. The van der Waals surface area contributed by atoms with Gasteiger partial charge in [-0.05, 0) is 25.3 Å². The highest BCUT2D eigenvalue weighted by atomic mass is 32.1. The summed E-state index contributed by atoms with van der Waals surface area (Å²) in [7, 11) is 0. The summed E-state index contributed by atoms with van der Waals surface area (Å²) >= 11 is 3.22. The Morgan fingerprint density at radius 1 is 1.36 bits per heavy atom. The molecule has 3 heterocycles. The molecule has 0 unspecified atom stereocenters. The van der Waals surface area contributed by atoms with Gasteiger partial charge < -0.3 is 15.2 Å². The molecule has 2 N–H and O–H groups in total. The predicted molar refractivity (Wildman–Crippen MR) is 87.3 cm³/mol. The van der Waals surface area contributed by atoms with Crippen molar-refractivity contribution < 1.29 is 9.32 Å². The molecule has 0 atom stereocenters. The molecule has 0 aliphatic heterocycles. The summed E-state index contributed by atoms with van der Waals surface area (Å²) in [6.45, 7) is 3.90. The molecule has 0 aromatic carbocycles. The second kappa shape index (κ2) is 6.29. The molecule has 114 valence electrons. The van der Waals surface area contributed by atoms with Gasteiger partial charge in [0.15, 0.2) is 5.76 Å². The van der Waals surface area contributed by atoms with Crippen molar-refractivity contribution in [1.82, 2.24) is 15.5 Å². The minimum absolute atomic E-state index is 0.305. The number of aryl methyl sites for hydroxylation is 2. The standard InChI is InChI=1S/C14H14N4O2S2/c1-8-12(9(2)20-18-8)17-14(19)15-6-10-7-22-13(16-10)11-4-3-5-21-11/h3-5,7H,6H2,1-2H3,(H2,15,17,19). The highest BCUT2D eigenvalue weighted by Crippen LogP contribution is 2.27. The third kappa shape index (κ3) is 3.18. The minimum Gasteiger partial charge on any atom is -0.359 e. The van der Waals surface area contributed by atoms with Crippen LogP contribution in [0, 0.1) is 13.8 Å². The first-order valence-electron chi connectivity index (χ1n) is 6.59. The molecule has 0 radical (unpaired) electrons. The molecule has 3 rings (SSSR count). The van der Waals surface area contributed by atoms with E-state index in [0.717, 1.165) is 15.6 Å². The third-order valence-electron chi connectivity index (χ3n) is 2.99. The van der Waals surface area contributed by atoms with E-state index in [-0.39, 0.29) is 6.03 Å². The van der Waals surface area contributed by atoms with E-state index < -0.39 is 0 Å². The van der Waals surface area contributed by atoms with Crippen LogP contribution in [0.1, 0.15) is 17.1 Å². The molecule has 2 amide bonds. The lowest BCUT2D eigenvalue weighted by atomic mass is 10.3. The topological polar surface area (TPSA) is 80.0 Å². The van der Waals surface area contributed by atoms with Crippen LogP contribution in [0.4, 0.5) is 10.5 Å². The zero-order chi connectivity index (χ0) is 15.5. The maximum atomic E-state index is 11.9. The lowest BCUT2D eigenvalue weighted by molar-refractivity contribution is 0.251. The van der Waals surface area contributed by atoms with Gasteiger partial charge in [-0.1, -0.05) is 11.2 Å². The number of hydrogen-bond acceptors (Lipinski definition) is 6. The molecule has 0 aliphatic rings. The number of thiophene rings is 1. The molecule has 0 bridgehead atoms. The molecule has 0 fully saturated rings. The number of nitrogens with one attached hydrogen (secondary N) is 2. The number of hydrogen-bond donors (Lipinski definition) is 2. The number of thiazole rings is 1. The van der Waals surface area contributed by atoms with Gasteiger partial charge in [0.05, 0.1) is 17.1 Å². The fraction of sp³-hybridized carbons (Fsp3) is 0.214. The summed E-state index contributed by atoms with van der Waals surface area (Å²) in [5.41, 5.74) is 2.10. The Labute approximate surface area is 135 Å². The van der Waals surface area contributed by atoms with E-state index in [1.807, 2.05) is 22.9 Å². The molecule has 0 saturated heterocycles. The second-order valence-electron chi connectivity index (χ2n) is 4.63. The Hall–Kier alpha value is -2.19. The van der Waals surface area contributed by atoms with Gasteiger partial charge in [-0.3, -0.25) is 0 Å². The van der Waals surface area contributed by atoms with E-state index in [0.29, 0.717) is 23.7 Å². The maximum Gasteiger partial charge on any atom is 0.319 e. The molecular formula is C14H14N4O2S2. The average molecular weight is 334 g/mol. The van der Waals surface area contributed by atoms with Crippen LogP contribution in [-0.2, 0) is 6.54 Å². The van der Waals surface area contributed by atoms with Crippen LogP contribution in [0.25, 0.3) is 9.88 Å². The molecule has 0 saturated carbocycles. The lowest BCUT2D eigenvalue weighted by Gasteiger charge is -2.05. The fourth-order valence-corrected chi connectivity index (χ4v) is 3.53. The SMILES string of the molecule is Cc1noc(C)c1NC(=O)NCc1csc(-c2cccs2)n1. The molecule has 8 heteroatoms. The molecule has 22 heavy (non-hydrogen) atoms. The monoisotopic (exact) mass is 334 g/mol. The van der Waals surface area contributed by atoms with Crippen molar-refractivity contribution in [2.45, 2.75) is 20.4 Å². The number of amides is 2. The van der Waals surface area contributed by atoms with Crippen molar-refractivity contribution in [2.75, 3.05) is 5.32 Å². The largest absolute Gasteiger partial charge is 0.359 e. The van der Waals surface area contributed by atoms with Crippen LogP contribution in [0.15, 0.2) is 27.4 Å². The van der Waals surface area contributed by atoms with E-state index in [2.05, 4.69) is 20.8 Å². The maximum absolute atomic E-state index is 11.9. The van der Waals surface area contributed by atoms with Gasteiger partial charge in [0.25, 0.3) is 0 Å². The van der Waals surface area contributed by atoms with Crippen LogP contribution < -0.4 is 10.6 Å². The van der Waals surface area contributed by atoms with Crippen molar-refractivity contribution >= 4 is 34.4 Å². The highest BCUT2D eigenvalue weighted by Gasteiger charge is 2.12. The Balaban J connectivity index is 1.57. The number of carbonyl (C=O) groups is 1. The molecular weight excluding hydrogens is 320 g/mol. The van der Waals surface area contributed by atoms with Crippen molar-refractivity contribution in [1.29, 1.82) is 0 Å². The Morgan fingerprint density at radius 3 is 2.91 bits per heavy atom. The van der Waals surface area contributed by atoms with Crippen molar-refractivity contribution in [3.05, 3.63) is 40.0 Å². The molecule has 0 aliphatic carbocycles. The van der Waals surface area contributed by atoms with Gasteiger partial charge in [-0.2, -0.15) is 0 Å². The van der Waals surface area contributed by atoms with E-state index in [4.69, 9.17) is 4.52 Å². The van der Waals surface area contributed by atoms with E-state index in [9.17, 15) is 4.79 Å². The number of rotatable bonds is 4. The van der Waals surface area contributed by atoms with Crippen molar-refractivity contribution in [3.63, 3.8) is 0 Å². The Bertz CT molecular complexity index is 757. The second-order valence-corrected chi connectivity index (χ2v) is 6.43. The summed E-state index contributed by atoms with van der Waals surface area (Å²) in [5.74, 6) is 0.585. The number of anilines is 1. The average Bonchev–Trinajstić information content (AvgIpc) is 3.22. The number of carbonyl (C=O) groups excluding carboxylic acids is 1. The van der Waals surface area contributed by atoms with Crippen molar-refractivity contribution in [2.24, 2.45) is 0 Å². The van der Waals surface area contributed by atoms with Gasteiger partial charge >= 0.3 is 6.03 Å². The Kier molecular flexibility index (Phi) is 4.21. The molecule has 6 nitrogen and oxygen atoms in total. The summed E-state index contributed by atoms with van der Waals surface area (Å²) in [5, 5.41) is 14.2. The molecule has 3 aromatic heterocycles. The summed E-state index contributed by atoms with van der Waals surface area (Å²) in [6, 6.07) is 3.72. The van der Waals surface area contributed by atoms with Crippen LogP contribution >= 0.6 is 22.7 Å². The first kappa shape index (κ1) is 14.7. The normalized spacial score (nSPS) is 10.6. The third-order valence-corrected chi connectivity index (χ3v) is 4.92. The van der Waals surface area contributed by atoms with Gasteiger partial charge in [-0.15, -0.1) is 22.7 Å². The van der Waals surface area contributed by atoms with Crippen LogP contribution in [-0.4, -0.2) is 16.2 Å². The molecule has 0 spiro atoms. The molecule has 3 aromatic rings. The van der Waals surface area contributed by atoms with Crippen LogP contribution in [0.3, 0.4) is 0 Å². The number of urea groups is 1. The summed E-state index contributed by atoms with van der Waals surface area (Å²) < 4.78 is 5.00. The van der Waals surface area contributed by atoms with Crippen molar-refractivity contribution in [3.8, 4) is 9.88 Å². The number of aromatic nitrogens is 2. The Morgan fingerprint density at radius 2 is 2.23 bits per heavy atom. The van der Waals surface area contributed by atoms with Crippen LogP contribution in [0.2, 0.25) is 0 Å². The van der Waals surface area contributed by atoms with Crippen LogP contribution in [0.5, 0.6) is 0 Å². The summed E-state index contributed by atoms with van der Waals surface area (Å²) in [6.07, 6.45) is 0. The fourth-order valence-electron chi connectivity index (χ4n) is 1.89. The van der Waals surface area contributed by atoms with E-state index in [1.54, 1.807) is 36.5 Å². The summed E-state index contributed by atoms with van der Waals surface area (Å²) in [4.78, 5) is 17.6. The van der Waals surface area contributed by atoms with Gasteiger partial charge in [0.1, 0.15) is 16.4 Å². The smallest absolute Gasteiger partial charge is 0.319 e. The first-order valence-corrected chi connectivity index (χ1v) is 8.35. The van der Waals surface area contributed by atoms with Gasteiger partial charge in [-0.25, -0.2) is 9.78 Å². The van der Waals surface area contributed by atoms with Gasteiger partial charge in [0, 0.05) is 5.38 Å². The first-order chi connectivity index (χ1) is 10.6. The van der Waals surface area contributed by atoms with E-state index in [1.165, 1.54) is 0 Å². The quantitative estimate of drug-likeness (QED) is 0.760. The van der Waals surface area contributed by atoms with E-state index >= 15 is 0 Å².